The number of rotatable bonds is 7. The quantitative estimate of drug-likeness (QED) is 0.666. The molecule has 0 aliphatic heterocycles. The van der Waals surface area contributed by atoms with Crippen LogP contribution in [0.4, 0.5) is 4.39 Å². The molecule has 0 bridgehead atoms. The average Bonchev–Trinajstić information content (AvgIpc) is 3.17. The SMILES string of the molecule is COc1ccc(-c2nc(CNC(=O)C(C)Oc3ccccc3F)cs2)cc1. The molecule has 1 N–H and O–H groups in total. The van der Waals surface area contributed by atoms with Crippen LogP contribution in [0.25, 0.3) is 10.6 Å². The molecule has 7 heteroatoms. The molecule has 5 nitrogen and oxygen atoms in total. The van der Waals surface area contributed by atoms with Crippen LogP contribution in [0.15, 0.2) is 53.9 Å². The summed E-state index contributed by atoms with van der Waals surface area (Å²) in [6.45, 7) is 1.85. The van der Waals surface area contributed by atoms with Crippen LogP contribution in [0.5, 0.6) is 11.5 Å². The topological polar surface area (TPSA) is 60.5 Å². The van der Waals surface area contributed by atoms with E-state index in [1.165, 1.54) is 23.5 Å². The zero-order valence-corrected chi connectivity index (χ0v) is 15.8. The van der Waals surface area contributed by atoms with Crippen LogP contribution in [0, 0.1) is 5.82 Å². The Bertz CT molecular complexity index is 912. The Hall–Kier alpha value is -2.93. The van der Waals surface area contributed by atoms with Crippen molar-refractivity contribution in [2.24, 2.45) is 0 Å². The third-order valence-corrected chi connectivity index (χ3v) is 4.78. The van der Waals surface area contributed by atoms with Crippen molar-refractivity contribution >= 4 is 17.2 Å². The van der Waals surface area contributed by atoms with Crippen LogP contribution in [-0.2, 0) is 11.3 Å². The van der Waals surface area contributed by atoms with Crippen molar-refractivity contribution in [1.29, 1.82) is 0 Å². The smallest absolute Gasteiger partial charge is 0.261 e. The largest absolute Gasteiger partial charge is 0.497 e. The Balaban J connectivity index is 1.56. The molecule has 0 aliphatic rings. The van der Waals surface area contributed by atoms with Crippen LogP contribution in [0.2, 0.25) is 0 Å². The second kappa shape index (κ2) is 8.64. The molecule has 0 saturated carbocycles. The third kappa shape index (κ3) is 4.83. The minimum atomic E-state index is -0.818. The van der Waals surface area contributed by atoms with E-state index < -0.39 is 11.9 Å². The summed E-state index contributed by atoms with van der Waals surface area (Å²) in [6.07, 6.45) is -0.818. The van der Waals surface area contributed by atoms with E-state index in [1.54, 1.807) is 26.2 Å². The molecule has 0 radical (unpaired) electrons. The Morgan fingerprint density at radius 3 is 2.67 bits per heavy atom. The summed E-state index contributed by atoms with van der Waals surface area (Å²) in [6, 6.07) is 13.6. The van der Waals surface area contributed by atoms with Gasteiger partial charge >= 0.3 is 0 Å². The van der Waals surface area contributed by atoms with Crippen LogP contribution in [0.1, 0.15) is 12.6 Å². The van der Waals surface area contributed by atoms with Gasteiger partial charge in [0, 0.05) is 10.9 Å². The van der Waals surface area contributed by atoms with Crippen LogP contribution in [0.3, 0.4) is 0 Å². The van der Waals surface area contributed by atoms with E-state index in [0.29, 0.717) is 0 Å². The summed E-state index contributed by atoms with van der Waals surface area (Å²) in [7, 11) is 1.62. The van der Waals surface area contributed by atoms with Crippen molar-refractivity contribution in [2.45, 2.75) is 19.6 Å². The Labute approximate surface area is 160 Å². The molecule has 27 heavy (non-hydrogen) atoms. The standard InChI is InChI=1S/C20H19FN2O3S/c1-13(26-18-6-4-3-5-17(18)21)19(24)22-11-15-12-27-20(23-15)14-7-9-16(25-2)10-8-14/h3-10,12-13H,11H2,1-2H3,(H,22,24). The highest BCUT2D eigenvalue weighted by molar-refractivity contribution is 7.13. The molecule has 3 aromatic rings. The molecular formula is C20H19FN2O3S. The van der Waals surface area contributed by atoms with Gasteiger partial charge in [-0.15, -0.1) is 11.3 Å². The lowest BCUT2D eigenvalue weighted by atomic mass is 10.2. The Morgan fingerprint density at radius 2 is 1.96 bits per heavy atom. The first-order chi connectivity index (χ1) is 13.1. The number of methoxy groups -OCH3 is 1. The highest BCUT2D eigenvalue weighted by atomic mass is 32.1. The number of hydrogen-bond acceptors (Lipinski definition) is 5. The molecule has 1 aromatic heterocycles. The fourth-order valence-electron chi connectivity index (χ4n) is 2.36. The summed E-state index contributed by atoms with van der Waals surface area (Å²) in [5.41, 5.74) is 1.73. The van der Waals surface area contributed by atoms with Crippen molar-refractivity contribution in [1.82, 2.24) is 10.3 Å². The Kier molecular flexibility index (Phi) is 6.03. The lowest BCUT2D eigenvalue weighted by Gasteiger charge is -2.14. The van der Waals surface area contributed by atoms with Gasteiger partial charge < -0.3 is 14.8 Å². The van der Waals surface area contributed by atoms with E-state index in [4.69, 9.17) is 9.47 Å². The van der Waals surface area contributed by atoms with E-state index in [1.807, 2.05) is 29.6 Å². The molecule has 2 aromatic carbocycles. The van der Waals surface area contributed by atoms with Gasteiger partial charge in [0.1, 0.15) is 10.8 Å². The second-order valence-corrected chi connectivity index (χ2v) is 6.64. The van der Waals surface area contributed by atoms with E-state index in [0.717, 1.165) is 22.0 Å². The van der Waals surface area contributed by atoms with Gasteiger partial charge in [0.15, 0.2) is 17.7 Å². The number of benzene rings is 2. The van der Waals surface area contributed by atoms with Gasteiger partial charge in [-0.2, -0.15) is 0 Å². The number of amides is 1. The van der Waals surface area contributed by atoms with Crippen molar-refractivity contribution in [3.8, 4) is 22.1 Å². The van der Waals surface area contributed by atoms with Crippen molar-refractivity contribution < 1.29 is 18.7 Å². The molecule has 1 unspecified atom stereocenters. The molecule has 140 valence electrons. The summed E-state index contributed by atoms with van der Waals surface area (Å²) in [5.74, 6) is 0.000249. The maximum Gasteiger partial charge on any atom is 0.261 e. The summed E-state index contributed by atoms with van der Waals surface area (Å²) >= 11 is 1.50. The monoisotopic (exact) mass is 386 g/mol. The molecule has 0 spiro atoms. The van der Waals surface area contributed by atoms with Crippen molar-refractivity contribution in [3.63, 3.8) is 0 Å². The number of ether oxygens (including phenoxy) is 2. The van der Waals surface area contributed by atoms with Gasteiger partial charge in [-0.25, -0.2) is 9.37 Å². The van der Waals surface area contributed by atoms with E-state index in [2.05, 4.69) is 10.3 Å². The van der Waals surface area contributed by atoms with Crippen LogP contribution >= 0.6 is 11.3 Å². The van der Waals surface area contributed by atoms with Gasteiger partial charge in [0.25, 0.3) is 5.91 Å². The minimum absolute atomic E-state index is 0.0515. The molecule has 1 heterocycles. The fraction of sp³-hybridized carbons (Fsp3) is 0.200. The lowest BCUT2D eigenvalue weighted by Crippen LogP contribution is -2.36. The fourth-order valence-corrected chi connectivity index (χ4v) is 3.19. The number of para-hydroxylation sites is 1. The number of thiazole rings is 1. The normalized spacial score (nSPS) is 11.7. The third-order valence-electron chi connectivity index (χ3n) is 3.84. The van der Waals surface area contributed by atoms with E-state index in [-0.39, 0.29) is 18.2 Å². The first-order valence-corrected chi connectivity index (χ1v) is 9.22. The summed E-state index contributed by atoms with van der Waals surface area (Å²) in [5, 5.41) is 5.51. The number of halogens is 1. The molecule has 1 atom stereocenters. The van der Waals surface area contributed by atoms with E-state index in [9.17, 15) is 9.18 Å². The number of aromatic nitrogens is 1. The number of nitrogens with zero attached hydrogens (tertiary/aromatic N) is 1. The number of hydrogen-bond donors (Lipinski definition) is 1. The predicted molar refractivity (Wildman–Crippen MR) is 102 cm³/mol. The number of carbonyl (C=O) groups excluding carboxylic acids is 1. The average molecular weight is 386 g/mol. The highest BCUT2D eigenvalue weighted by Crippen LogP contribution is 2.25. The zero-order chi connectivity index (χ0) is 19.2. The molecule has 0 aliphatic carbocycles. The lowest BCUT2D eigenvalue weighted by molar-refractivity contribution is -0.127. The molecule has 0 fully saturated rings. The Morgan fingerprint density at radius 1 is 1.22 bits per heavy atom. The van der Waals surface area contributed by atoms with Crippen LogP contribution < -0.4 is 14.8 Å². The van der Waals surface area contributed by atoms with Crippen LogP contribution in [-0.4, -0.2) is 24.1 Å². The first-order valence-electron chi connectivity index (χ1n) is 8.34. The van der Waals surface area contributed by atoms with Gasteiger partial charge in [-0.3, -0.25) is 4.79 Å². The first kappa shape index (κ1) is 18.8. The van der Waals surface area contributed by atoms with Crippen molar-refractivity contribution in [2.75, 3.05) is 7.11 Å². The minimum Gasteiger partial charge on any atom is -0.497 e. The maximum atomic E-state index is 13.6. The van der Waals surface area contributed by atoms with Gasteiger partial charge in [-0.05, 0) is 43.3 Å². The molecule has 3 rings (SSSR count). The molecule has 1 amide bonds. The maximum absolute atomic E-state index is 13.6. The van der Waals surface area contributed by atoms with E-state index >= 15 is 0 Å². The summed E-state index contributed by atoms with van der Waals surface area (Å²) in [4.78, 5) is 16.7. The number of carbonyl (C=O) groups is 1. The predicted octanol–water partition coefficient (Wildman–Crippen LogP) is 4.04. The molecule has 0 saturated heterocycles. The molecular weight excluding hydrogens is 367 g/mol. The van der Waals surface area contributed by atoms with Gasteiger partial charge in [0.05, 0.1) is 19.3 Å². The zero-order valence-electron chi connectivity index (χ0n) is 14.9. The second-order valence-electron chi connectivity index (χ2n) is 5.78. The van der Waals surface area contributed by atoms with Gasteiger partial charge in [0.2, 0.25) is 0 Å². The highest BCUT2D eigenvalue weighted by Gasteiger charge is 2.16. The number of nitrogens with one attached hydrogen (secondary N) is 1. The summed E-state index contributed by atoms with van der Waals surface area (Å²) < 4.78 is 24.1. The van der Waals surface area contributed by atoms with Gasteiger partial charge in [-0.1, -0.05) is 12.1 Å². The van der Waals surface area contributed by atoms with Crippen molar-refractivity contribution in [3.05, 3.63) is 65.4 Å².